The molecule has 0 fully saturated rings. The highest BCUT2D eigenvalue weighted by Gasteiger charge is 2.51. The van der Waals surface area contributed by atoms with Crippen LogP contribution in [0.25, 0.3) is 0 Å². The predicted molar refractivity (Wildman–Crippen MR) is 134 cm³/mol. The molecule has 3 aromatic rings. The maximum atomic E-state index is 12.7. The van der Waals surface area contributed by atoms with Crippen LogP contribution in [0.5, 0.6) is 0 Å². The first-order valence-electron chi connectivity index (χ1n) is 10.9. The van der Waals surface area contributed by atoms with Crippen molar-refractivity contribution in [1.29, 1.82) is 0 Å². The molecule has 1 N–H and O–H groups in total. The van der Waals surface area contributed by atoms with Gasteiger partial charge in [-0.3, -0.25) is 4.79 Å². The van der Waals surface area contributed by atoms with Gasteiger partial charge in [0.15, 0.2) is 0 Å². The summed E-state index contributed by atoms with van der Waals surface area (Å²) >= 11 is 5.85. The van der Waals surface area contributed by atoms with Gasteiger partial charge in [0.2, 0.25) is 0 Å². The summed E-state index contributed by atoms with van der Waals surface area (Å²) in [5, 5.41) is 5.72. The number of nitrogens with one attached hydrogen (secondary N) is 1. The minimum Gasteiger partial charge on any atom is -0.403 e. The Bertz CT molecular complexity index is 982. The molecule has 0 aliphatic carbocycles. The molecule has 3 rings (SSSR count). The summed E-state index contributed by atoms with van der Waals surface area (Å²) in [6, 6.07) is 24.1. The molecule has 2 unspecified atom stereocenters. The van der Waals surface area contributed by atoms with Gasteiger partial charge in [0.05, 0.1) is 17.7 Å². The Morgan fingerprint density at radius 2 is 1.47 bits per heavy atom. The summed E-state index contributed by atoms with van der Waals surface area (Å²) in [6.07, 6.45) is 1.27. The lowest BCUT2D eigenvalue weighted by molar-refractivity contribution is 0.0886. The average molecular weight is 467 g/mol. The minimum atomic E-state index is -2.69. The average Bonchev–Trinajstić information content (AvgIpc) is 2.78. The second-order valence-electron chi connectivity index (χ2n) is 9.12. The summed E-state index contributed by atoms with van der Waals surface area (Å²) in [7, 11) is -2.69. The first-order valence-corrected chi connectivity index (χ1v) is 13.1. The van der Waals surface area contributed by atoms with E-state index >= 15 is 0 Å². The molecule has 2 atom stereocenters. The van der Waals surface area contributed by atoms with Crippen LogP contribution in [-0.4, -0.2) is 31.4 Å². The summed E-state index contributed by atoms with van der Waals surface area (Å²) in [5.74, 6) is -0.195. The van der Waals surface area contributed by atoms with Crippen LogP contribution in [0.15, 0.2) is 79.0 Å². The number of carbonyl (C=O) groups excluding carboxylic acids is 1. The standard InChI is InChI=1S/C26H31ClN2O2Si/c1-19(29-25(30)21-16-17-24(27)28-18-21)20(2)31-32(26(3,4)5,22-12-8-6-9-13-22)23-14-10-7-11-15-23/h6-20H,1-5H3,(H,29,30). The van der Waals surface area contributed by atoms with Gasteiger partial charge in [0.1, 0.15) is 5.15 Å². The van der Waals surface area contributed by atoms with Crippen LogP contribution in [0.2, 0.25) is 10.2 Å². The third kappa shape index (κ3) is 5.12. The zero-order valence-electron chi connectivity index (χ0n) is 19.3. The highest BCUT2D eigenvalue weighted by molar-refractivity contribution is 6.99. The monoisotopic (exact) mass is 466 g/mol. The number of nitrogens with zero attached hydrogens (tertiary/aromatic N) is 1. The molecule has 168 valence electrons. The molecule has 1 heterocycles. The number of pyridine rings is 1. The van der Waals surface area contributed by atoms with Crippen molar-refractivity contribution in [2.45, 2.75) is 51.8 Å². The fourth-order valence-electron chi connectivity index (χ4n) is 3.99. The third-order valence-electron chi connectivity index (χ3n) is 5.83. The number of carbonyl (C=O) groups is 1. The summed E-state index contributed by atoms with van der Waals surface area (Å²) in [6.45, 7) is 10.7. The Morgan fingerprint density at radius 3 is 1.91 bits per heavy atom. The van der Waals surface area contributed by atoms with Gasteiger partial charge in [0.25, 0.3) is 14.2 Å². The third-order valence-corrected chi connectivity index (χ3v) is 11.2. The van der Waals surface area contributed by atoms with Gasteiger partial charge in [0, 0.05) is 6.20 Å². The number of hydrogen-bond donors (Lipinski definition) is 1. The van der Waals surface area contributed by atoms with Crippen molar-refractivity contribution in [3.63, 3.8) is 0 Å². The van der Waals surface area contributed by atoms with E-state index in [1.165, 1.54) is 16.6 Å². The van der Waals surface area contributed by atoms with E-state index in [9.17, 15) is 4.79 Å². The maximum Gasteiger partial charge on any atom is 0.261 e. The molecular formula is C26H31ClN2O2Si. The van der Waals surface area contributed by atoms with Gasteiger partial charge in [-0.1, -0.05) is 93.0 Å². The zero-order valence-corrected chi connectivity index (χ0v) is 21.1. The molecule has 1 aromatic heterocycles. The molecule has 4 nitrogen and oxygen atoms in total. The number of hydrogen-bond acceptors (Lipinski definition) is 3. The van der Waals surface area contributed by atoms with E-state index in [4.69, 9.17) is 16.0 Å². The van der Waals surface area contributed by atoms with Crippen LogP contribution in [-0.2, 0) is 4.43 Å². The lowest BCUT2D eigenvalue weighted by Crippen LogP contribution is -2.68. The summed E-state index contributed by atoms with van der Waals surface area (Å²) < 4.78 is 7.08. The van der Waals surface area contributed by atoms with Crippen molar-refractivity contribution in [3.05, 3.63) is 89.7 Å². The van der Waals surface area contributed by atoms with E-state index in [0.717, 1.165) is 0 Å². The zero-order chi connectivity index (χ0) is 23.4. The van der Waals surface area contributed by atoms with E-state index < -0.39 is 8.32 Å². The van der Waals surface area contributed by atoms with Gasteiger partial charge >= 0.3 is 0 Å². The van der Waals surface area contributed by atoms with Crippen LogP contribution < -0.4 is 15.7 Å². The lowest BCUT2D eigenvalue weighted by Gasteiger charge is -2.45. The molecule has 0 radical (unpaired) electrons. The smallest absolute Gasteiger partial charge is 0.261 e. The maximum absolute atomic E-state index is 12.7. The fourth-order valence-corrected chi connectivity index (χ4v) is 8.88. The van der Waals surface area contributed by atoms with Gasteiger partial charge in [-0.05, 0) is 41.4 Å². The Hall–Kier alpha value is -2.47. The fraction of sp³-hybridized carbons (Fsp3) is 0.308. The van der Waals surface area contributed by atoms with E-state index in [-0.39, 0.29) is 23.1 Å². The molecule has 6 heteroatoms. The van der Waals surface area contributed by atoms with E-state index in [1.807, 2.05) is 26.0 Å². The first-order chi connectivity index (χ1) is 15.1. The van der Waals surface area contributed by atoms with Crippen LogP contribution in [0.3, 0.4) is 0 Å². The van der Waals surface area contributed by atoms with Crippen LogP contribution in [0, 0.1) is 0 Å². The number of amides is 1. The Labute approximate surface area is 197 Å². The molecule has 0 saturated carbocycles. The van der Waals surface area contributed by atoms with Crippen molar-refractivity contribution >= 4 is 36.2 Å². The quantitative estimate of drug-likeness (QED) is 0.401. The largest absolute Gasteiger partial charge is 0.403 e. The first kappa shape index (κ1) is 24.2. The van der Waals surface area contributed by atoms with Crippen molar-refractivity contribution in [2.75, 3.05) is 0 Å². The Kier molecular flexibility index (Phi) is 7.54. The molecule has 0 bridgehead atoms. The van der Waals surface area contributed by atoms with E-state index in [0.29, 0.717) is 10.7 Å². The van der Waals surface area contributed by atoms with Gasteiger partial charge in [-0.15, -0.1) is 0 Å². The lowest BCUT2D eigenvalue weighted by atomic mass is 10.2. The van der Waals surface area contributed by atoms with Crippen LogP contribution in [0.1, 0.15) is 45.0 Å². The molecule has 0 aliphatic heterocycles. The highest BCUT2D eigenvalue weighted by Crippen LogP contribution is 2.37. The molecule has 0 spiro atoms. The predicted octanol–water partition coefficient (Wildman–Crippen LogP) is 4.82. The minimum absolute atomic E-state index is 0.131. The number of benzene rings is 2. The molecule has 0 saturated heterocycles. The molecular weight excluding hydrogens is 436 g/mol. The number of aromatic nitrogens is 1. The van der Waals surface area contributed by atoms with Crippen LogP contribution >= 0.6 is 11.6 Å². The Balaban J connectivity index is 1.94. The number of rotatable bonds is 7. The molecule has 0 aliphatic rings. The van der Waals surface area contributed by atoms with Gasteiger partial charge in [-0.25, -0.2) is 4.98 Å². The van der Waals surface area contributed by atoms with E-state index in [1.54, 1.807) is 12.1 Å². The normalized spacial score (nSPS) is 13.9. The second-order valence-corrected chi connectivity index (χ2v) is 13.8. The van der Waals surface area contributed by atoms with Crippen molar-refractivity contribution in [3.8, 4) is 0 Å². The molecule has 32 heavy (non-hydrogen) atoms. The summed E-state index contributed by atoms with van der Waals surface area (Å²) in [5.41, 5.74) is 0.471. The summed E-state index contributed by atoms with van der Waals surface area (Å²) in [4.78, 5) is 16.7. The SMILES string of the molecule is CC(NC(=O)c1ccc(Cl)nc1)C(C)O[Si](c1ccccc1)(c1ccccc1)C(C)(C)C. The molecule has 1 amide bonds. The van der Waals surface area contributed by atoms with Gasteiger partial charge in [-0.2, -0.15) is 0 Å². The van der Waals surface area contributed by atoms with Crippen LogP contribution in [0.4, 0.5) is 0 Å². The van der Waals surface area contributed by atoms with Crippen molar-refractivity contribution in [1.82, 2.24) is 10.3 Å². The molecule has 2 aromatic carbocycles. The second kappa shape index (κ2) is 9.99. The van der Waals surface area contributed by atoms with Gasteiger partial charge < -0.3 is 9.74 Å². The topological polar surface area (TPSA) is 51.2 Å². The van der Waals surface area contributed by atoms with E-state index in [2.05, 4.69) is 79.6 Å². The van der Waals surface area contributed by atoms with Crippen molar-refractivity contribution < 1.29 is 9.22 Å². The highest BCUT2D eigenvalue weighted by atomic mass is 35.5. The van der Waals surface area contributed by atoms with Crippen molar-refractivity contribution in [2.24, 2.45) is 0 Å². The Morgan fingerprint density at radius 1 is 0.938 bits per heavy atom. The number of halogens is 1.